The van der Waals surface area contributed by atoms with Crippen LogP contribution in [0.4, 0.5) is 20.6 Å². The van der Waals surface area contributed by atoms with Crippen molar-refractivity contribution in [1.29, 1.82) is 0 Å². The lowest BCUT2D eigenvalue weighted by Gasteiger charge is -2.09. The molecule has 0 aromatic heterocycles. The lowest BCUT2D eigenvalue weighted by Crippen LogP contribution is -2.17. The number of benzene rings is 2. The van der Waals surface area contributed by atoms with Crippen LogP contribution in [0.25, 0.3) is 0 Å². The van der Waals surface area contributed by atoms with Gasteiger partial charge >= 0.3 is 6.09 Å². The van der Waals surface area contributed by atoms with E-state index in [1.165, 1.54) is 19.1 Å². The van der Waals surface area contributed by atoms with Gasteiger partial charge in [-0.25, -0.2) is 9.18 Å². The van der Waals surface area contributed by atoms with Crippen molar-refractivity contribution in [3.8, 4) is 5.75 Å². The van der Waals surface area contributed by atoms with Crippen LogP contribution in [-0.2, 0) is 4.79 Å². The van der Waals surface area contributed by atoms with E-state index in [0.29, 0.717) is 11.4 Å². The molecule has 2 rings (SSSR count). The molecule has 0 aliphatic carbocycles. The normalized spacial score (nSPS) is 9.81. The van der Waals surface area contributed by atoms with Gasteiger partial charge in [0, 0.05) is 12.6 Å². The molecule has 0 aliphatic heterocycles. The maximum atomic E-state index is 13.5. The van der Waals surface area contributed by atoms with Crippen molar-refractivity contribution < 1.29 is 18.7 Å². The van der Waals surface area contributed by atoms with E-state index in [2.05, 4.69) is 10.6 Å². The number of para-hydroxylation sites is 1. The summed E-state index contributed by atoms with van der Waals surface area (Å²) < 4.78 is 18.5. The Kier molecular flexibility index (Phi) is 4.50. The number of ether oxygens (including phenoxy) is 1. The molecule has 21 heavy (non-hydrogen) atoms. The van der Waals surface area contributed by atoms with Crippen LogP contribution in [0.1, 0.15) is 6.92 Å². The van der Waals surface area contributed by atoms with E-state index in [4.69, 9.17) is 4.74 Å². The topological polar surface area (TPSA) is 67.4 Å². The van der Waals surface area contributed by atoms with E-state index in [1.807, 2.05) is 0 Å². The fourth-order valence-electron chi connectivity index (χ4n) is 1.63. The molecule has 6 heteroatoms. The molecule has 0 bridgehead atoms. The molecule has 5 nitrogen and oxygen atoms in total. The van der Waals surface area contributed by atoms with Crippen molar-refractivity contribution in [3.63, 3.8) is 0 Å². The smallest absolute Gasteiger partial charge is 0.410 e. The zero-order valence-corrected chi connectivity index (χ0v) is 11.2. The number of carbonyl (C=O) groups excluding carboxylic acids is 2. The Morgan fingerprint density at radius 3 is 2.43 bits per heavy atom. The SMILES string of the molecule is CC(=O)Nc1cc(NC(=O)Oc2ccccc2)ccc1F. The third kappa shape index (κ3) is 4.31. The molecule has 0 aliphatic rings. The molecule has 0 spiro atoms. The summed E-state index contributed by atoms with van der Waals surface area (Å²) in [6.45, 7) is 1.27. The first-order chi connectivity index (χ1) is 10.0. The van der Waals surface area contributed by atoms with Gasteiger partial charge in [-0.05, 0) is 30.3 Å². The number of hydrogen-bond donors (Lipinski definition) is 2. The number of rotatable bonds is 3. The summed E-state index contributed by atoms with van der Waals surface area (Å²) in [4.78, 5) is 22.6. The van der Waals surface area contributed by atoms with Gasteiger partial charge in [-0.2, -0.15) is 0 Å². The highest BCUT2D eigenvalue weighted by Crippen LogP contribution is 2.20. The van der Waals surface area contributed by atoms with Crippen LogP contribution < -0.4 is 15.4 Å². The third-order valence-electron chi connectivity index (χ3n) is 2.48. The molecule has 108 valence electrons. The minimum Gasteiger partial charge on any atom is -0.410 e. The largest absolute Gasteiger partial charge is 0.417 e. The van der Waals surface area contributed by atoms with Gasteiger partial charge in [-0.15, -0.1) is 0 Å². The summed E-state index contributed by atoms with van der Waals surface area (Å²) in [5, 5.41) is 4.78. The Morgan fingerprint density at radius 1 is 1.05 bits per heavy atom. The quantitative estimate of drug-likeness (QED) is 0.909. The maximum Gasteiger partial charge on any atom is 0.417 e. The molecule has 2 aromatic rings. The Labute approximate surface area is 120 Å². The maximum absolute atomic E-state index is 13.5. The minimum atomic E-state index is -0.707. The van der Waals surface area contributed by atoms with Crippen LogP contribution in [0.15, 0.2) is 48.5 Å². The molecule has 2 N–H and O–H groups in total. The van der Waals surface area contributed by atoms with Crippen LogP contribution >= 0.6 is 0 Å². The number of hydrogen-bond acceptors (Lipinski definition) is 3. The second-order valence-corrected chi connectivity index (χ2v) is 4.20. The monoisotopic (exact) mass is 288 g/mol. The van der Waals surface area contributed by atoms with Crippen molar-refractivity contribution in [3.05, 3.63) is 54.3 Å². The molecule has 2 amide bonds. The molecule has 0 saturated heterocycles. The van der Waals surface area contributed by atoms with E-state index in [1.54, 1.807) is 30.3 Å². The second kappa shape index (κ2) is 6.51. The van der Waals surface area contributed by atoms with Crippen molar-refractivity contribution in [1.82, 2.24) is 0 Å². The number of anilines is 2. The first-order valence-corrected chi connectivity index (χ1v) is 6.15. The fraction of sp³-hybridized carbons (Fsp3) is 0.0667. The highest BCUT2D eigenvalue weighted by atomic mass is 19.1. The average molecular weight is 288 g/mol. The second-order valence-electron chi connectivity index (χ2n) is 4.20. The van der Waals surface area contributed by atoms with E-state index in [-0.39, 0.29) is 5.69 Å². The van der Waals surface area contributed by atoms with Crippen molar-refractivity contribution in [2.45, 2.75) is 6.92 Å². The standard InChI is InChI=1S/C15H13FN2O3/c1-10(19)17-14-9-11(7-8-13(14)16)18-15(20)21-12-5-3-2-4-6-12/h2-9H,1H3,(H,17,19)(H,18,20). The van der Waals surface area contributed by atoms with Crippen LogP contribution in [0.5, 0.6) is 5.75 Å². The molecule has 0 heterocycles. The predicted molar refractivity (Wildman–Crippen MR) is 76.8 cm³/mol. The summed E-state index contributed by atoms with van der Waals surface area (Å²) in [6, 6.07) is 12.3. The zero-order chi connectivity index (χ0) is 15.2. The lowest BCUT2D eigenvalue weighted by atomic mass is 10.2. The van der Waals surface area contributed by atoms with Gasteiger partial charge in [0.15, 0.2) is 0 Å². The third-order valence-corrected chi connectivity index (χ3v) is 2.48. The van der Waals surface area contributed by atoms with Crippen molar-refractivity contribution in [2.24, 2.45) is 0 Å². The van der Waals surface area contributed by atoms with Crippen molar-refractivity contribution in [2.75, 3.05) is 10.6 Å². The zero-order valence-electron chi connectivity index (χ0n) is 11.2. The summed E-state index contributed by atoms with van der Waals surface area (Å²) >= 11 is 0. The van der Waals surface area contributed by atoms with E-state index in [9.17, 15) is 14.0 Å². The molecule has 0 radical (unpaired) electrons. The van der Waals surface area contributed by atoms with E-state index >= 15 is 0 Å². The Balaban J connectivity index is 2.05. The molecular formula is C15H13FN2O3. The van der Waals surface area contributed by atoms with Gasteiger partial charge in [0.1, 0.15) is 11.6 Å². The molecule has 0 saturated carbocycles. The number of amides is 2. The molecule has 0 atom stereocenters. The minimum absolute atomic E-state index is 0.0139. The van der Waals surface area contributed by atoms with Gasteiger partial charge in [-0.3, -0.25) is 10.1 Å². The number of halogens is 1. The van der Waals surface area contributed by atoms with Gasteiger partial charge < -0.3 is 10.1 Å². The van der Waals surface area contributed by atoms with Gasteiger partial charge in [0.25, 0.3) is 0 Å². The number of nitrogens with one attached hydrogen (secondary N) is 2. The highest BCUT2D eigenvalue weighted by Gasteiger charge is 2.09. The van der Waals surface area contributed by atoms with Crippen molar-refractivity contribution >= 4 is 23.4 Å². The average Bonchev–Trinajstić information content (AvgIpc) is 2.43. The molecule has 0 unspecified atom stereocenters. The lowest BCUT2D eigenvalue weighted by molar-refractivity contribution is -0.114. The van der Waals surface area contributed by atoms with E-state index in [0.717, 1.165) is 6.07 Å². The Bertz CT molecular complexity index is 659. The van der Waals surface area contributed by atoms with Crippen LogP contribution in [0.3, 0.4) is 0 Å². The van der Waals surface area contributed by atoms with E-state index < -0.39 is 17.8 Å². The van der Waals surface area contributed by atoms with Crippen LogP contribution in [0.2, 0.25) is 0 Å². The first-order valence-electron chi connectivity index (χ1n) is 6.15. The summed E-state index contributed by atoms with van der Waals surface area (Å²) in [5.74, 6) is -0.607. The summed E-state index contributed by atoms with van der Waals surface area (Å²) in [5.41, 5.74) is 0.293. The summed E-state index contributed by atoms with van der Waals surface area (Å²) in [7, 11) is 0. The number of carbonyl (C=O) groups is 2. The Morgan fingerprint density at radius 2 is 1.76 bits per heavy atom. The van der Waals surface area contributed by atoms with Crippen LogP contribution in [-0.4, -0.2) is 12.0 Å². The van der Waals surface area contributed by atoms with Gasteiger partial charge in [-0.1, -0.05) is 18.2 Å². The highest BCUT2D eigenvalue weighted by molar-refractivity contribution is 5.91. The predicted octanol–water partition coefficient (Wildman–Crippen LogP) is 3.40. The molecular weight excluding hydrogens is 275 g/mol. The fourth-order valence-corrected chi connectivity index (χ4v) is 1.63. The Hall–Kier alpha value is -2.89. The van der Waals surface area contributed by atoms with Crippen LogP contribution in [0, 0.1) is 5.82 Å². The first kappa shape index (κ1) is 14.5. The summed E-state index contributed by atoms with van der Waals surface area (Å²) in [6.07, 6.45) is -0.707. The van der Waals surface area contributed by atoms with Gasteiger partial charge in [0.2, 0.25) is 5.91 Å². The molecule has 2 aromatic carbocycles. The molecule has 0 fully saturated rings. The van der Waals surface area contributed by atoms with Gasteiger partial charge in [0.05, 0.1) is 5.69 Å².